The van der Waals surface area contributed by atoms with Gasteiger partial charge in [-0.15, -0.1) is 0 Å². The van der Waals surface area contributed by atoms with Gasteiger partial charge in [0.15, 0.2) is 0 Å². The van der Waals surface area contributed by atoms with Crippen molar-refractivity contribution in [3.63, 3.8) is 0 Å². The third-order valence-electron chi connectivity index (χ3n) is 6.24. The molecule has 9 heteroatoms. The van der Waals surface area contributed by atoms with Gasteiger partial charge in [0.25, 0.3) is 5.56 Å². The molecular weight excluding hydrogens is 508 g/mol. The van der Waals surface area contributed by atoms with Gasteiger partial charge in [-0.3, -0.25) is 14.6 Å². The van der Waals surface area contributed by atoms with Crippen LogP contribution >= 0.6 is 23.4 Å². The van der Waals surface area contributed by atoms with Gasteiger partial charge in [-0.25, -0.2) is 0 Å². The van der Waals surface area contributed by atoms with E-state index in [1.807, 2.05) is 54.6 Å². The predicted molar refractivity (Wildman–Crippen MR) is 147 cm³/mol. The monoisotopic (exact) mass is 537 g/mol. The largest absolute Gasteiger partial charge is 0.858 e. The highest BCUT2D eigenvalue weighted by Gasteiger charge is 2.28. The van der Waals surface area contributed by atoms with Crippen molar-refractivity contribution in [2.24, 2.45) is 0 Å². The van der Waals surface area contributed by atoms with Crippen molar-refractivity contribution in [3.8, 4) is 5.88 Å². The number of halogens is 1. The van der Waals surface area contributed by atoms with Gasteiger partial charge < -0.3 is 20.9 Å². The Hall–Kier alpha value is -3.17. The Balaban J connectivity index is 0.00000320. The molecule has 1 aromatic heterocycles. The van der Waals surface area contributed by atoms with E-state index in [1.54, 1.807) is 12.1 Å². The summed E-state index contributed by atoms with van der Waals surface area (Å²) in [5.41, 5.74) is 2.18. The lowest BCUT2D eigenvalue weighted by Gasteiger charge is -2.39. The standard InChI is InChI=1S/C28H28ClN3O3S.H3N/c1-28(2)18-31(15-16-35-28)21-12-8-11-20(17-21)24(19-9-4-3-5-10-19)32-27(34)25(26(33)30-32)36-23-14-7-6-13-22(23)29;/h3-14,17,24,34H,15-16,18H2,1-2H3,(H,30,33);1H3/p-1. The molecule has 4 aromatic rings. The highest BCUT2D eigenvalue weighted by Crippen LogP contribution is 2.38. The first-order valence-corrected chi connectivity index (χ1v) is 13.0. The van der Waals surface area contributed by atoms with Gasteiger partial charge in [0.05, 0.1) is 28.2 Å². The van der Waals surface area contributed by atoms with Gasteiger partial charge in [-0.1, -0.05) is 78.0 Å². The Morgan fingerprint density at radius 3 is 2.46 bits per heavy atom. The number of anilines is 1. The number of ether oxygens (including phenoxy) is 1. The summed E-state index contributed by atoms with van der Waals surface area (Å²) in [5, 5.41) is 16.9. The molecule has 1 aliphatic rings. The fourth-order valence-electron chi connectivity index (χ4n) is 4.58. The molecule has 1 aliphatic heterocycles. The molecule has 7 nitrogen and oxygen atoms in total. The van der Waals surface area contributed by atoms with Crippen molar-refractivity contribution >= 4 is 29.1 Å². The van der Waals surface area contributed by atoms with Crippen LogP contribution in [0.1, 0.15) is 31.0 Å². The van der Waals surface area contributed by atoms with E-state index in [2.05, 4.69) is 36.0 Å². The number of benzene rings is 3. The fraction of sp³-hybridized carbons (Fsp3) is 0.250. The molecule has 0 bridgehead atoms. The molecular formula is C28H30ClN4O3S-. The molecule has 1 unspecified atom stereocenters. The number of nitrogens with one attached hydrogen (secondary N) is 1. The molecule has 1 saturated heterocycles. The van der Waals surface area contributed by atoms with Gasteiger partial charge in [-0.05, 0) is 49.2 Å². The van der Waals surface area contributed by atoms with Crippen LogP contribution in [0.25, 0.3) is 0 Å². The maximum atomic E-state index is 13.6. The second kappa shape index (κ2) is 11.1. The van der Waals surface area contributed by atoms with E-state index >= 15 is 0 Å². The minimum atomic E-state index is -0.499. The lowest BCUT2D eigenvalue weighted by Crippen LogP contribution is -2.48. The molecule has 5 rings (SSSR count). The van der Waals surface area contributed by atoms with Crippen LogP contribution in [-0.2, 0) is 4.74 Å². The number of morpholine rings is 1. The van der Waals surface area contributed by atoms with Gasteiger partial charge in [0.1, 0.15) is 0 Å². The van der Waals surface area contributed by atoms with E-state index in [-0.39, 0.29) is 22.5 Å². The highest BCUT2D eigenvalue weighted by atomic mass is 35.5. The van der Waals surface area contributed by atoms with E-state index in [0.717, 1.165) is 41.7 Å². The summed E-state index contributed by atoms with van der Waals surface area (Å²) in [4.78, 5) is 16.0. The predicted octanol–water partition coefficient (Wildman–Crippen LogP) is 5.47. The van der Waals surface area contributed by atoms with Crippen molar-refractivity contribution < 1.29 is 9.84 Å². The maximum absolute atomic E-state index is 13.6. The number of aromatic nitrogens is 2. The molecule has 4 N–H and O–H groups in total. The minimum absolute atomic E-state index is 0. The third kappa shape index (κ3) is 5.72. The quantitative estimate of drug-likeness (QED) is 0.337. The average Bonchev–Trinajstić information content (AvgIpc) is 3.14. The summed E-state index contributed by atoms with van der Waals surface area (Å²) in [6, 6.07) is 24.6. The van der Waals surface area contributed by atoms with Crippen LogP contribution in [0.3, 0.4) is 0 Å². The molecule has 0 radical (unpaired) electrons. The molecule has 0 aliphatic carbocycles. The van der Waals surface area contributed by atoms with Crippen LogP contribution in [0.15, 0.2) is 93.4 Å². The number of rotatable bonds is 6. The summed E-state index contributed by atoms with van der Waals surface area (Å²) in [7, 11) is 0. The van der Waals surface area contributed by atoms with Gasteiger partial charge in [0, 0.05) is 29.6 Å². The molecule has 3 aromatic carbocycles. The van der Waals surface area contributed by atoms with E-state index in [1.165, 1.54) is 4.68 Å². The average molecular weight is 538 g/mol. The molecule has 0 saturated carbocycles. The summed E-state index contributed by atoms with van der Waals surface area (Å²) in [6.07, 6.45) is 0. The van der Waals surface area contributed by atoms with Crippen LogP contribution < -0.4 is 21.7 Å². The molecule has 0 amide bonds. The molecule has 37 heavy (non-hydrogen) atoms. The lowest BCUT2D eigenvalue weighted by molar-refractivity contribution is -0.284. The summed E-state index contributed by atoms with van der Waals surface area (Å²) < 4.78 is 7.31. The van der Waals surface area contributed by atoms with Crippen molar-refractivity contribution in [2.75, 3.05) is 24.6 Å². The van der Waals surface area contributed by atoms with Crippen LogP contribution in [0.2, 0.25) is 5.02 Å². The Labute approximate surface area is 225 Å². The topological polar surface area (TPSA) is 108 Å². The number of hydrogen-bond donors (Lipinski definition) is 2. The van der Waals surface area contributed by atoms with Crippen LogP contribution in [0.5, 0.6) is 5.88 Å². The Morgan fingerprint density at radius 1 is 1.03 bits per heavy atom. The molecule has 0 spiro atoms. The van der Waals surface area contributed by atoms with Crippen LogP contribution in [-0.4, -0.2) is 35.1 Å². The Morgan fingerprint density at radius 2 is 1.73 bits per heavy atom. The Kier molecular flexibility index (Phi) is 8.04. The summed E-state index contributed by atoms with van der Waals surface area (Å²) in [6.45, 7) is 6.37. The second-order valence-corrected chi connectivity index (χ2v) is 10.9. The van der Waals surface area contributed by atoms with Gasteiger partial charge in [-0.2, -0.15) is 0 Å². The summed E-state index contributed by atoms with van der Waals surface area (Å²) >= 11 is 7.39. The normalized spacial score (nSPS) is 15.7. The van der Waals surface area contributed by atoms with Gasteiger partial charge in [0.2, 0.25) is 0 Å². The number of aromatic amines is 1. The van der Waals surface area contributed by atoms with Crippen molar-refractivity contribution in [2.45, 2.75) is 35.3 Å². The lowest BCUT2D eigenvalue weighted by atomic mass is 9.97. The zero-order valence-corrected chi connectivity index (χ0v) is 22.4. The first-order valence-electron chi connectivity index (χ1n) is 11.8. The molecule has 1 fully saturated rings. The highest BCUT2D eigenvalue weighted by molar-refractivity contribution is 7.99. The maximum Gasteiger partial charge on any atom is 0.277 e. The van der Waals surface area contributed by atoms with Crippen molar-refractivity contribution in [3.05, 3.63) is 105 Å². The first-order chi connectivity index (χ1) is 17.3. The zero-order chi connectivity index (χ0) is 25.3. The molecule has 1 atom stereocenters. The third-order valence-corrected chi connectivity index (χ3v) is 7.82. The minimum Gasteiger partial charge on any atom is -0.858 e. The molecule has 2 heterocycles. The van der Waals surface area contributed by atoms with Gasteiger partial charge >= 0.3 is 0 Å². The fourth-order valence-corrected chi connectivity index (χ4v) is 5.69. The smallest absolute Gasteiger partial charge is 0.277 e. The number of nitrogens with zero attached hydrogens (tertiary/aromatic N) is 2. The van der Waals surface area contributed by atoms with Crippen LogP contribution in [0, 0.1) is 0 Å². The number of hydrogen-bond acceptors (Lipinski definition) is 6. The summed E-state index contributed by atoms with van der Waals surface area (Å²) in [5.74, 6) is -0.378. The van der Waals surface area contributed by atoms with E-state index in [9.17, 15) is 9.90 Å². The second-order valence-electron chi connectivity index (χ2n) is 9.42. The van der Waals surface area contributed by atoms with E-state index < -0.39 is 11.6 Å². The van der Waals surface area contributed by atoms with E-state index in [0.29, 0.717) is 16.5 Å². The van der Waals surface area contributed by atoms with Crippen molar-refractivity contribution in [1.29, 1.82) is 0 Å². The Bertz CT molecular complexity index is 1420. The SMILES string of the molecule is CC1(C)CN(c2cccc(C(c3ccccc3)n3[nH]c(=O)c(Sc4ccccc4Cl)c3[O-])c2)CCO1.N. The number of H-pyrrole nitrogens is 1. The first kappa shape index (κ1) is 26.9. The van der Waals surface area contributed by atoms with Crippen LogP contribution in [0.4, 0.5) is 5.69 Å². The molecule has 194 valence electrons. The van der Waals surface area contributed by atoms with E-state index in [4.69, 9.17) is 16.3 Å². The zero-order valence-electron chi connectivity index (χ0n) is 20.8. The van der Waals surface area contributed by atoms with Crippen molar-refractivity contribution in [1.82, 2.24) is 15.9 Å².